The summed E-state index contributed by atoms with van der Waals surface area (Å²) in [5.41, 5.74) is -7.79. The van der Waals surface area contributed by atoms with Gasteiger partial charge in [0.05, 0.1) is 17.9 Å². The molecule has 4 aromatic rings. The molecule has 1 aromatic heterocycles. The molecule has 1 aliphatic rings. The van der Waals surface area contributed by atoms with Gasteiger partial charge in [0.25, 0.3) is 5.56 Å². The van der Waals surface area contributed by atoms with Crippen LogP contribution in [0.25, 0.3) is 11.1 Å². The number of nitrogens with zero attached hydrogens (tertiary/aromatic N) is 4. The third-order valence-corrected chi connectivity index (χ3v) is 8.05. The number of hydrogen-bond acceptors (Lipinski definition) is 5. The molecule has 0 fully saturated rings. The highest BCUT2D eigenvalue weighted by molar-refractivity contribution is 7.98. The van der Waals surface area contributed by atoms with Crippen LogP contribution >= 0.6 is 11.8 Å². The Morgan fingerprint density at radius 3 is 2.38 bits per heavy atom. The molecule has 11 heteroatoms. The Balaban J connectivity index is 1.75. The summed E-state index contributed by atoms with van der Waals surface area (Å²) in [6.07, 6.45) is -4.72. The van der Waals surface area contributed by atoms with E-state index in [0.717, 1.165) is 49.6 Å². The zero-order valence-electron chi connectivity index (χ0n) is 42.9. The quantitative estimate of drug-likeness (QED) is 0.0822. The first-order chi connectivity index (χ1) is 29.5. The molecule has 0 spiro atoms. The van der Waals surface area contributed by atoms with Crippen LogP contribution in [0.3, 0.4) is 0 Å². The van der Waals surface area contributed by atoms with Crippen molar-refractivity contribution in [2.45, 2.75) is 70.2 Å². The fourth-order valence-electron chi connectivity index (χ4n) is 4.74. The molecule has 0 aliphatic heterocycles. The molecule has 0 unspecified atom stereocenters. The van der Waals surface area contributed by atoms with Crippen molar-refractivity contribution >= 4 is 17.7 Å². The van der Waals surface area contributed by atoms with Crippen LogP contribution in [0.4, 0.5) is 17.6 Å². The van der Waals surface area contributed by atoms with Gasteiger partial charge in [-0.15, -0.1) is 0 Å². The van der Waals surface area contributed by atoms with Crippen LogP contribution in [0.15, 0.2) is 76.5 Å². The SMILES string of the molecule is [2H]c1c([2H])c(-c2c([2H])c([2H])c(C(F)(F)F)c([2H])c2[2H])c([2H])c(C)c1CN(C(=O)Cn1c(SC([2H])([2H])c2ccc(F)cc2)nc(=O)c2c1CCC2)C([2H])([2H])C([2H])([2H])N(C([2H])([2H])C)C([2H])([2H])C. The van der Waals surface area contributed by atoms with Gasteiger partial charge in [-0.2, -0.15) is 18.2 Å². The van der Waals surface area contributed by atoms with E-state index >= 15 is 0 Å². The fraction of sp³-hybridized carbons (Fsp3) is 0.378. The molecule has 1 amide bonds. The number of fused-ring (bicyclic) bond motifs is 1. The molecule has 0 saturated carbocycles. The average molecular weight is 698 g/mol. The van der Waals surface area contributed by atoms with Crippen LogP contribution < -0.4 is 5.56 Å². The van der Waals surface area contributed by atoms with Crippen LogP contribution in [-0.2, 0) is 42.6 Å². The number of hydrogen-bond donors (Lipinski definition) is 0. The molecule has 5 rings (SSSR count). The second-order valence-corrected chi connectivity index (χ2v) is 11.1. The smallest absolute Gasteiger partial charge is 0.336 e. The van der Waals surface area contributed by atoms with Crippen molar-refractivity contribution in [3.05, 3.63) is 116 Å². The highest BCUT2D eigenvalue weighted by atomic mass is 32.2. The number of amides is 1. The molecule has 6 nitrogen and oxygen atoms in total. The van der Waals surface area contributed by atoms with E-state index in [4.69, 9.17) is 20.6 Å². The minimum atomic E-state index is -5.35. The molecular weight excluding hydrogens is 640 g/mol. The summed E-state index contributed by atoms with van der Waals surface area (Å²) in [7, 11) is 0. The minimum Gasteiger partial charge on any atom is -0.336 e. The number of rotatable bonds is 13. The number of carbonyl (C=O) groups is 1. The van der Waals surface area contributed by atoms with E-state index in [1.54, 1.807) is 0 Å². The molecule has 1 heterocycles. The lowest BCUT2D eigenvalue weighted by molar-refractivity contribution is -0.137. The molecule has 0 N–H and O–H groups in total. The first-order valence-corrected chi connectivity index (χ1v) is 15.3. The van der Waals surface area contributed by atoms with Gasteiger partial charge >= 0.3 is 6.18 Å². The second kappa shape index (κ2) is 15.5. The lowest BCUT2D eigenvalue weighted by Crippen LogP contribution is -2.40. The number of likely N-dealkylation sites (N-methyl/N-ethyl adjacent to an activating group) is 1. The standard InChI is InChI=1S/C37H40F4N4O2S/c1-4-43(5-2)19-20-44(22-29-12-11-28(21-25(29)3)27-13-15-30(16-14-27)37(39,40)41)34(46)23-45-33-8-6-7-32(33)35(47)42-36(45)48-24-26-9-17-31(38)18-10-26/h9-18,21H,4-8,19-20,22-24H2,1-3H3/i4D2,5D2,11D,12D,13D,14D,15D,16D,19D2,20D2,21D,24D2. The number of carbonyl (C=O) groups excluding carboxylic acids is 1. The summed E-state index contributed by atoms with van der Waals surface area (Å²) < 4.78 is 203. The third kappa shape index (κ3) is 8.54. The Morgan fingerprint density at radius 1 is 1.02 bits per heavy atom. The van der Waals surface area contributed by atoms with Crippen molar-refractivity contribution in [3.63, 3.8) is 0 Å². The predicted molar refractivity (Wildman–Crippen MR) is 181 cm³/mol. The van der Waals surface area contributed by atoms with E-state index in [0.29, 0.717) is 18.2 Å². The van der Waals surface area contributed by atoms with Crippen molar-refractivity contribution in [2.75, 3.05) is 26.0 Å². The van der Waals surface area contributed by atoms with E-state index in [9.17, 15) is 29.9 Å². The monoisotopic (exact) mass is 697 g/mol. The van der Waals surface area contributed by atoms with Crippen LogP contribution in [-0.4, -0.2) is 51.2 Å². The zero-order valence-corrected chi connectivity index (χ0v) is 26.7. The van der Waals surface area contributed by atoms with Crippen LogP contribution in [0.1, 0.15) is 77.1 Å². The van der Waals surface area contributed by atoms with Crippen molar-refractivity contribution in [2.24, 2.45) is 0 Å². The normalized spacial score (nSPS) is 19.5. The van der Waals surface area contributed by atoms with Crippen molar-refractivity contribution in [1.29, 1.82) is 0 Å². The fourth-order valence-corrected chi connectivity index (χ4v) is 5.50. The van der Waals surface area contributed by atoms with Gasteiger partial charge in [0.2, 0.25) is 5.91 Å². The van der Waals surface area contributed by atoms with Crippen molar-refractivity contribution in [1.82, 2.24) is 19.4 Å². The molecule has 254 valence electrons. The highest BCUT2D eigenvalue weighted by Crippen LogP contribution is 2.32. The van der Waals surface area contributed by atoms with Gasteiger partial charge in [-0.1, -0.05) is 68.0 Å². The third-order valence-electron chi connectivity index (χ3n) is 7.22. The predicted octanol–water partition coefficient (Wildman–Crippen LogP) is 7.53. The summed E-state index contributed by atoms with van der Waals surface area (Å²) in [6.45, 7) is -13.5. The Bertz CT molecular complexity index is 2550. The topological polar surface area (TPSA) is 58.4 Å². The largest absolute Gasteiger partial charge is 0.416 e. The van der Waals surface area contributed by atoms with Gasteiger partial charge in [-0.3, -0.25) is 9.59 Å². The van der Waals surface area contributed by atoms with Gasteiger partial charge in [0.15, 0.2) is 5.16 Å². The lowest BCUT2D eigenvalue weighted by Gasteiger charge is -2.28. The van der Waals surface area contributed by atoms with Gasteiger partial charge in [0, 0.05) is 47.5 Å². The summed E-state index contributed by atoms with van der Waals surface area (Å²) in [5.74, 6) is -2.12. The molecule has 0 atom stereocenters. The number of halogens is 4. The molecule has 48 heavy (non-hydrogen) atoms. The maximum atomic E-state index is 14.9. The summed E-state index contributed by atoms with van der Waals surface area (Å²) >= 11 is 0.326. The molecule has 0 bridgehead atoms. The van der Waals surface area contributed by atoms with Gasteiger partial charge in [0.1, 0.15) is 12.4 Å². The van der Waals surface area contributed by atoms with Crippen LogP contribution in [0.2, 0.25) is 0 Å². The number of benzene rings is 3. The number of alkyl halides is 3. The molecule has 1 aliphatic carbocycles. The van der Waals surface area contributed by atoms with Crippen LogP contribution in [0.5, 0.6) is 0 Å². The van der Waals surface area contributed by atoms with E-state index in [1.165, 1.54) is 0 Å². The summed E-state index contributed by atoms with van der Waals surface area (Å²) in [5, 5.41) is -0.432. The molecule has 3 aromatic carbocycles. The van der Waals surface area contributed by atoms with Gasteiger partial charge in [-0.05, 0) is 91.2 Å². The number of thioether (sulfide) groups is 1. The van der Waals surface area contributed by atoms with Crippen molar-refractivity contribution in [3.8, 4) is 11.1 Å². The maximum Gasteiger partial charge on any atom is 0.416 e. The average Bonchev–Trinajstić information content (AvgIpc) is 3.65. The zero-order chi connectivity index (χ0) is 49.5. The van der Waals surface area contributed by atoms with Crippen molar-refractivity contribution < 1.29 is 45.7 Å². The van der Waals surface area contributed by atoms with Crippen LogP contribution in [0, 0.1) is 12.7 Å². The Kier molecular flexibility index (Phi) is 6.23. The molecule has 0 saturated heterocycles. The Morgan fingerprint density at radius 2 is 1.71 bits per heavy atom. The van der Waals surface area contributed by atoms with E-state index in [2.05, 4.69) is 4.98 Å². The highest BCUT2D eigenvalue weighted by Gasteiger charge is 2.30. The minimum absolute atomic E-state index is 0.0889. The van der Waals surface area contributed by atoms with Gasteiger partial charge in [-0.25, -0.2) is 4.39 Å². The molecular formula is C37H40F4N4O2S. The summed E-state index contributed by atoms with van der Waals surface area (Å²) in [6, 6.07) is -4.48. The second-order valence-electron chi connectivity index (χ2n) is 10.4. The maximum absolute atomic E-state index is 14.9. The first-order valence-electron chi connectivity index (χ1n) is 23.0. The first kappa shape index (κ1) is 19.3. The van der Waals surface area contributed by atoms with Gasteiger partial charge < -0.3 is 14.4 Å². The number of aromatic nitrogens is 2. The van der Waals surface area contributed by atoms with E-state index in [-0.39, 0.29) is 39.5 Å². The van der Waals surface area contributed by atoms with E-state index < -0.39 is 144 Å². The summed E-state index contributed by atoms with van der Waals surface area (Å²) in [4.78, 5) is 32.2. The van der Waals surface area contributed by atoms with E-state index in [1.807, 2.05) is 0 Å². The Labute approximate surface area is 306 Å². The lowest BCUT2D eigenvalue weighted by atomic mass is 9.98. The Hall–Kier alpha value is -3.96. The molecule has 0 radical (unpaired) electrons.